The minimum absolute atomic E-state index is 0.0341. The fraction of sp³-hybridized carbons (Fsp3) is 0.214. The van der Waals surface area contributed by atoms with E-state index in [2.05, 4.69) is 28.6 Å². The van der Waals surface area contributed by atoms with Gasteiger partial charge in [-0.1, -0.05) is 61.5 Å². The summed E-state index contributed by atoms with van der Waals surface area (Å²) in [6, 6.07) is 22.4. The zero-order valence-electron chi connectivity index (χ0n) is 19.6. The molecule has 0 saturated heterocycles. The third-order valence-corrected chi connectivity index (χ3v) is 6.01. The molecule has 4 aromatic rings. The third-order valence-electron chi connectivity index (χ3n) is 6.01. The van der Waals surface area contributed by atoms with Crippen LogP contribution in [0.15, 0.2) is 79.0 Å². The zero-order valence-corrected chi connectivity index (χ0v) is 19.6. The number of aromatic nitrogens is 1. The summed E-state index contributed by atoms with van der Waals surface area (Å²) in [7, 11) is 1.49. The van der Waals surface area contributed by atoms with E-state index >= 15 is 0 Å². The van der Waals surface area contributed by atoms with E-state index in [-0.39, 0.29) is 11.7 Å². The molecule has 1 unspecified atom stereocenters. The molecule has 1 aromatic heterocycles. The van der Waals surface area contributed by atoms with Gasteiger partial charge in [-0.3, -0.25) is 9.59 Å². The number of aromatic amines is 1. The number of carbonyl (C=O) groups excluding carboxylic acids is 2. The Hall–Kier alpha value is -3.90. The van der Waals surface area contributed by atoms with Crippen molar-refractivity contribution in [3.63, 3.8) is 0 Å². The average molecular weight is 456 g/mol. The average Bonchev–Trinajstić information content (AvgIpc) is 3.31. The van der Waals surface area contributed by atoms with Gasteiger partial charge in [0.1, 0.15) is 12.1 Å². The SMILES string of the molecule is CCc1cccc2c(C(=O)[C@H](Nc3cccc(NC(=O)C(C)OC)c3)c3ccccc3)c[nH]c12. The van der Waals surface area contributed by atoms with Crippen LogP contribution in [0.3, 0.4) is 0 Å². The Bertz CT molecular complexity index is 1300. The molecular formula is C28H29N3O3. The summed E-state index contributed by atoms with van der Waals surface area (Å²) in [4.78, 5) is 29.4. The molecule has 0 saturated carbocycles. The van der Waals surface area contributed by atoms with E-state index in [1.54, 1.807) is 19.2 Å². The van der Waals surface area contributed by atoms with Crippen LogP contribution in [0.2, 0.25) is 0 Å². The van der Waals surface area contributed by atoms with Crippen molar-refractivity contribution in [1.29, 1.82) is 0 Å². The van der Waals surface area contributed by atoms with Crippen LogP contribution in [0.5, 0.6) is 0 Å². The molecule has 4 rings (SSSR count). The number of hydrogen-bond donors (Lipinski definition) is 3. The van der Waals surface area contributed by atoms with E-state index in [0.717, 1.165) is 28.6 Å². The summed E-state index contributed by atoms with van der Waals surface area (Å²) in [5.74, 6) is -0.269. The number of fused-ring (bicyclic) bond motifs is 1. The molecular weight excluding hydrogens is 426 g/mol. The number of H-pyrrole nitrogens is 1. The number of ketones is 1. The van der Waals surface area contributed by atoms with Crippen molar-refractivity contribution in [3.05, 3.63) is 95.7 Å². The molecule has 2 atom stereocenters. The Kier molecular flexibility index (Phi) is 7.09. The summed E-state index contributed by atoms with van der Waals surface area (Å²) in [6.07, 6.45) is 2.11. The molecule has 3 aromatic carbocycles. The minimum atomic E-state index is -0.602. The van der Waals surface area contributed by atoms with Gasteiger partial charge in [-0.05, 0) is 42.7 Å². The van der Waals surface area contributed by atoms with Crippen molar-refractivity contribution in [2.24, 2.45) is 0 Å². The van der Waals surface area contributed by atoms with Gasteiger partial charge in [0.05, 0.1) is 0 Å². The lowest BCUT2D eigenvalue weighted by atomic mass is 9.96. The van der Waals surface area contributed by atoms with Crippen molar-refractivity contribution < 1.29 is 14.3 Å². The number of carbonyl (C=O) groups is 2. The van der Waals surface area contributed by atoms with E-state index in [4.69, 9.17) is 4.74 Å². The van der Waals surface area contributed by atoms with Gasteiger partial charge in [0, 0.05) is 41.1 Å². The normalized spacial score (nSPS) is 12.8. The molecule has 174 valence electrons. The number of nitrogens with one attached hydrogen (secondary N) is 3. The largest absolute Gasteiger partial charge is 0.372 e. The molecule has 1 amide bonds. The summed E-state index contributed by atoms with van der Waals surface area (Å²) in [6.45, 7) is 3.79. The highest BCUT2D eigenvalue weighted by atomic mass is 16.5. The Labute approximate surface area is 199 Å². The first-order valence-electron chi connectivity index (χ1n) is 11.4. The van der Waals surface area contributed by atoms with Gasteiger partial charge in [0.2, 0.25) is 0 Å². The quantitative estimate of drug-likeness (QED) is 0.281. The number of hydrogen-bond acceptors (Lipinski definition) is 4. The van der Waals surface area contributed by atoms with Crippen molar-refractivity contribution >= 4 is 34.0 Å². The topological polar surface area (TPSA) is 83.2 Å². The standard InChI is InChI=1S/C28H29N3O3/c1-4-19-12-8-15-23-24(17-29-25(19)23)27(32)26(20-10-6-5-7-11-20)30-21-13-9-14-22(16-21)31-28(33)18(2)34-3/h5-18,26,29-30H,4H2,1-3H3,(H,31,33)/t18?,26-/m1/s1. The second-order valence-electron chi connectivity index (χ2n) is 8.20. The maximum Gasteiger partial charge on any atom is 0.253 e. The number of methoxy groups -OCH3 is 1. The second-order valence-corrected chi connectivity index (χ2v) is 8.20. The van der Waals surface area contributed by atoms with Crippen LogP contribution in [0, 0.1) is 0 Å². The van der Waals surface area contributed by atoms with Crippen molar-refractivity contribution in [1.82, 2.24) is 4.98 Å². The van der Waals surface area contributed by atoms with Crippen LogP contribution in [-0.4, -0.2) is 29.9 Å². The van der Waals surface area contributed by atoms with Crippen molar-refractivity contribution in [3.8, 4) is 0 Å². The Morgan fingerprint density at radius 2 is 1.71 bits per heavy atom. The molecule has 0 aliphatic carbocycles. The molecule has 34 heavy (non-hydrogen) atoms. The number of aryl methyl sites for hydroxylation is 1. The maximum absolute atomic E-state index is 13.8. The number of rotatable bonds is 9. The number of amides is 1. The van der Waals surface area contributed by atoms with E-state index in [1.807, 2.05) is 60.7 Å². The van der Waals surface area contributed by atoms with Crippen LogP contribution >= 0.6 is 0 Å². The predicted molar refractivity (Wildman–Crippen MR) is 136 cm³/mol. The van der Waals surface area contributed by atoms with Crippen LogP contribution in [-0.2, 0) is 16.0 Å². The fourth-order valence-corrected chi connectivity index (χ4v) is 4.02. The predicted octanol–water partition coefficient (Wildman–Crippen LogP) is 5.74. The summed E-state index contributed by atoms with van der Waals surface area (Å²) < 4.78 is 5.09. The first-order valence-corrected chi connectivity index (χ1v) is 11.4. The highest BCUT2D eigenvalue weighted by molar-refractivity contribution is 6.12. The van der Waals surface area contributed by atoms with E-state index in [0.29, 0.717) is 11.3 Å². The van der Waals surface area contributed by atoms with Gasteiger partial charge in [0.25, 0.3) is 5.91 Å². The molecule has 1 heterocycles. The number of ether oxygens (including phenoxy) is 1. The fourth-order valence-electron chi connectivity index (χ4n) is 4.02. The number of anilines is 2. The van der Waals surface area contributed by atoms with Crippen molar-refractivity contribution in [2.75, 3.05) is 17.7 Å². The lowest BCUT2D eigenvalue weighted by molar-refractivity contribution is -0.124. The summed E-state index contributed by atoms with van der Waals surface area (Å²) in [5.41, 5.74) is 5.02. The third kappa shape index (κ3) is 4.87. The van der Waals surface area contributed by atoms with Crippen LogP contribution in [0.1, 0.15) is 41.4 Å². The molecule has 0 radical (unpaired) electrons. The van der Waals surface area contributed by atoms with Gasteiger partial charge >= 0.3 is 0 Å². The van der Waals surface area contributed by atoms with E-state index in [9.17, 15) is 9.59 Å². The molecule has 6 nitrogen and oxygen atoms in total. The smallest absolute Gasteiger partial charge is 0.253 e. The first kappa shape index (κ1) is 23.3. The van der Waals surface area contributed by atoms with Crippen LogP contribution < -0.4 is 10.6 Å². The molecule has 3 N–H and O–H groups in total. The Morgan fingerprint density at radius 1 is 0.971 bits per heavy atom. The number of benzene rings is 3. The zero-order chi connectivity index (χ0) is 24.1. The lowest BCUT2D eigenvalue weighted by Crippen LogP contribution is -2.26. The van der Waals surface area contributed by atoms with E-state index in [1.165, 1.54) is 12.7 Å². The Balaban J connectivity index is 1.67. The number of para-hydroxylation sites is 1. The molecule has 6 heteroatoms. The van der Waals surface area contributed by atoms with Gasteiger partial charge < -0.3 is 20.4 Å². The van der Waals surface area contributed by atoms with Gasteiger partial charge in [-0.25, -0.2) is 0 Å². The Morgan fingerprint density at radius 3 is 2.44 bits per heavy atom. The molecule has 0 aliphatic heterocycles. The van der Waals surface area contributed by atoms with Gasteiger partial charge in [-0.2, -0.15) is 0 Å². The van der Waals surface area contributed by atoms with Gasteiger partial charge in [-0.15, -0.1) is 0 Å². The minimum Gasteiger partial charge on any atom is -0.372 e. The highest BCUT2D eigenvalue weighted by Gasteiger charge is 2.25. The highest BCUT2D eigenvalue weighted by Crippen LogP contribution is 2.30. The maximum atomic E-state index is 13.8. The lowest BCUT2D eigenvalue weighted by Gasteiger charge is -2.20. The summed E-state index contributed by atoms with van der Waals surface area (Å²) in [5, 5.41) is 7.15. The molecule has 0 spiro atoms. The second kappa shape index (κ2) is 10.4. The van der Waals surface area contributed by atoms with Gasteiger partial charge in [0.15, 0.2) is 5.78 Å². The molecule has 0 fully saturated rings. The first-order chi connectivity index (χ1) is 16.5. The number of Topliss-reactive ketones (excluding diaryl/α,β-unsaturated/α-hetero) is 1. The van der Waals surface area contributed by atoms with E-state index < -0.39 is 12.1 Å². The van der Waals surface area contributed by atoms with Crippen LogP contribution in [0.4, 0.5) is 11.4 Å². The van der Waals surface area contributed by atoms with Crippen LogP contribution in [0.25, 0.3) is 10.9 Å². The molecule has 0 bridgehead atoms. The summed E-state index contributed by atoms with van der Waals surface area (Å²) >= 11 is 0. The molecule has 0 aliphatic rings. The monoisotopic (exact) mass is 455 g/mol. The van der Waals surface area contributed by atoms with Crippen molar-refractivity contribution in [2.45, 2.75) is 32.4 Å².